The zero-order valence-electron chi connectivity index (χ0n) is 19.2. The van der Waals surface area contributed by atoms with E-state index in [4.69, 9.17) is 16.2 Å². The van der Waals surface area contributed by atoms with E-state index < -0.39 is 25.2 Å². The Balaban J connectivity index is 1.67. The van der Waals surface area contributed by atoms with Crippen molar-refractivity contribution < 1.29 is 28.5 Å². The van der Waals surface area contributed by atoms with Gasteiger partial charge in [0.05, 0.1) is 38.6 Å². The van der Waals surface area contributed by atoms with Gasteiger partial charge in [0.2, 0.25) is 13.3 Å². The average molecular weight is 503 g/mol. The molecule has 0 spiro atoms. The van der Waals surface area contributed by atoms with Crippen molar-refractivity contribution in [1.29, 1.82) is 0 Å². The van der Waals surface area contributed by atoms with Crippen LogP contribution < -0.4 is 22.1 Å². The van der Waals surface area contributed by atoms with E-state index in [1.807, 2.05) is 0 Å². The minimum atomic E-state index is -3.91. The number of rotatable bonds is 10. The fourth-order valence-electron chi connectivity index (χ4n) is 3.32. The quantitative estimate of drug-likeness (QED) is 0.224. The van der Waals surface area contributed by atoms with Crippen LogP contribution in [0.3, 0.4) is 0 Å². The molecular weight excluding hydrogens is 477 g/mol. The van der Waals surface area contributed by atoms with E-state index in [2.05, 4.69) is 30.0 Å². The number of anilines is 3. The van der Waals surface area contributed by atoms with E-state index in [0.717, 1.165) is 0 Å². The minimum absolute atomic E-state index is 0.0119. The molecule has 0 aliphatic heterocycles. The maximum Gasteiger partial charge on any atom is 0.309 e. The number of carbonyl (C=O) groups excluding carboxylic acids is 2. The molecule has 0 aliphatic carbocycles. The smallest absolute Gasteiger partial charge is 0.309 e. The average Bonchev–Trinajstić information content (AvgIpc) is 2.84. The second kappa shape index (κ2) is 11.1. The van der Waals surface area contributed by atoms with Gasteiger partial charge in [0.15, 0.2) is 17.0 Å². The first-order chi connectivity index (χ1) is 16.6. The third-order valence-corrected chi connectivity index (χ3v) is 7.21. The predicted molar refractivity (Wildman–Crippen MR) is 129 cm³/mol. The number of benzene rings is 1. The van der Waals surface area contributed by atoms with Crippen molar-refractivity contribution in [2.45, 2.75) is 19.4 Å². The molecule has 13 nitrogen and oxygen atoms in total. The summed E-state index contributed by atoms with van der Waals surface area (Å²) in [6.45, 7) is 0.292. The number of hydrogen-bond acceptors (Lipinski definition) is 12. The molecule has 0 radical (unpaired) electrons. The van der Waals surface area contributed by atoms with Gasteiger partial charge >= 0.3 is 11.9 Å². The Hall–Kier alpha value is -3.83. The van der Waals surface area contributed by atoms with Crippen LogP contribution in [-0.2, 0) is 30.2 Å². The van der Waals surface area contributed by atoms with Gasteiger partial charge < -0.3 is 31.2 Å². The number of nitrogens with zero attached hydrogens (tertiary/aromatic N) is 4. The maximum atomic E-state index is 13.0. The van der Waals surface area contributed by atoms with Gasteiger partial charge in [-0.15, -0.1) is 0 Å². The normalized spacial score (nSPS) is 13.6. The van der Waals surface area contributed by atoms with Crippen molar-refractivity contribution in [3.63, 3.8) is 0 Å². The van der Waals surface area contributed by atoms with Crippen molar-refractivity contribution in [1.82, 2.24) is 19.9 Å². The molecule has 0 bridgehead atoms. The zero-order chi connectivity index (χ0) is 25.6. The van der Waals surface area contributed by atoms with Gasteiger partial charge in [-0.2, -0.15) is 9.97 Å². The Bertz CT molecular complexity index is 1270. The molecule has 0 fully saturated rings. The lowest BCUT2D eigenvalue weighted by Crippen LogP contribution is -2.24. The maximum absolute atomic E-state index is 13.0. The minimum Gasteiger partial charge on any atom is -0.469 e. The molecular formula is C21H26N7O6P. The van der Waals surface area contributed by atoms with Crippen molar-refractivity contribution in [2.75, 3.05) is 37.2 Å². The van der Waals surface area contributed by atoms with Gasteiger partial charge in [-0.1, -0.05) is 0 Å². The van der Waals surface area contributed by atoms with E-state index in [1.165, 1.54) is 32.5 Å². The van der Waals surface area contributed by atoms with Crippen LogP contribution in [0.25, 0.3) is 11.2 Å². The summed E-state index contributed by atoms with van der Waals surface area (Å²) in [4.78, 5) is 50.5. The van der Waals surface area contributed by atoms with Crippen LogP contribution >= 0.6 is 7.37 Å². The fraction of sp³-hybridized carbons (Fsp3) is 0.333. The lowest BCUT2D eigenvalue weighted by Gasteiger charge is -2.19. The first-order valence-corrected chi connectivity index (χ1v) is 12.3. The second-order valence-corrected chi connectivity index (χ2v) is 9.90. The van der Waals surface area contributed by atoms with Crippen LogP contribution in [0, 0.1) is 5.92 Å². The largest absolute Gasteiger partial charge is 0.469 e. The Morgan fingerprint density at radius 2 is 1.83 bits per heavy atom. The molecule has 1 aromatic carbocycles. The summed E-state index contributed by atoms with van der Waals surface area (Å²) in [5.74, 6) is -1.96. The highest BCUT2D eigenvalue weighted by molar-refractivity contribution is 7.66. The van der Waals surface area contributed by atoms with Crippen molar-refractivity contribution in [3.8, 4) is 0 Å². The summed E-state index contributed by atoms with van der Waals surface area (Å²) in [6, 6.07) is 6.26. The number of nitrogens with two attached hydrogens (primary N) is 2. The number of nitrogens with one attached hydrogen (secondary N) is 1. The van der Waals surface area contributed by atoms with Gasteiger partial charge in [-0.25, -0.2) is 9.97 Å². The SMILES string of the molecule is COC(=O)CCC(CP(=O)(O)c1ccc(NCc2cnc3nc(N)nc(N)c3n2)cc1)C(=O)OC. The number of esters is 2. The van der Waals surface area contributed by atoms with E-state index in [9.17, 15) is 19.0 Å². The molecule has 0 saturated carbocycles. The molecule has 6 N–H and O–H groups in total. The summed E-state index contributed by atoms with van der Waals surface area (Å²) in [5.41, 5.74) is 13.3. The van der Waals surface area contributed by atoms with Gasteiger partial charge in [0.25, 0.3) is 0 Å². The molecule has 2 unspecified atom stereocenters. The van der Waals surface area contributed by atoms with E-state index in [1.54, 1.807) is 12.1 Å². The van der Waals surface area contributed by atoms with Gasteiger partial charge in [0.1, 0.15) is 0 Å². The van der Waals surface area contributed by atoms with E-state index in [0.29, 0.717) is 29.1 Å². The van der Waals surface area contributed by atoms with Crippen LogP contribution in [0.2, 0.25) is 0 Å². The molecule has 2 atom stereocenters. The second-order valence-electron chi connectivity index (χ2n) is 7.62. The summed E-state index contributed by atoms with van der Waals surface area (Å²) in [5, 5.41) is 3.31. The molecule has 3 rings (SSSR count). The highest BCUT2D eigenvalue weighted by Gasteiger charge is 2.31. The first kappa shape index (κ1) is 25.8. The number of fused-ring (bicyclic) bond motifs is 1. The fourth-order valence-corrected chi connectivity index (χ4v) is 5.08. The molecule has 0 amide bonds. The van der Waals surface area contributed by atoms with Crippen molar-refractivity contribution in [3.05, 3.63) is 36.2 Å². The van der Waals surface area contributed by atoms with Gasteiger partial charge in [0, 0.05) is 23.6 Å². The molecule has 2 heterocycles. The summed E-state index contributed by atoms with van der Waals surface area (Å²) in [7, 11) is -1.49. The molecule has 186 valence electrons. The van der Waals surface area contributed by atoms with Crippen molar-refractivity contribution in [2.24, 2.45) is 5.92 Å². The Labute approximate surface area is 200 Å². The zero-order valence-corrected chi connectivity index (χ0v) is 20.1. The molecule has 0 saturated heterocycles. The lowest BCUT2D eigenvalue weighted by atomic mass is 10.1. The Morgan fingerprint density at radius 3 is 2.49 bits per heavy atom. The third kappa shape index (κ3) is 6.61. The molecule has 3 aromatic rings. The summed E-state index contributed by atoms with van der Waals surface area (Å²) < 4.78 is 22.3. The van der Waals surface area contributed by atoms with Gasteiger partial charge in [-0.3, -0.25) is 14.2 Å². The van der Waals surface area contributed by atoms with Crippen LogP contribution in [-0.4, -0.2) is 57.1 Å². The highest BCUT2D eigenvalue weighted by atomic mass is 31.2. The number of nitrogen functional groups attached to an aromatic ring is 2. The Morgan fingerprint density at radius 1 is 1.11 bits per heavy atom. The Kier molecular flexibility index (Phi) is 8.15. The van der Waals surface area contributed by atoms with Crippen LogP contribution in [0.15, 0.2) is 30.5 Å². The first-order valence-electron chi connectivity index (χ1n) is 10.5. The van der Waals surface area contributed by atoms with Crippen LogP contribution in [0.5, 0.6) is 0 Å². The predicted octanol–water partition coefficient (Wildman–Crippen LogP) is 0.834. The van der Waals surface area contributed by atoms with E-state index >= 15 is 0 Å². The lowest BCUT2D eigenvalue weighted by molar-refractivity contribution is -0.146. The standard InChI is InChI=1S/C21H26N7O6P/c1-33-16(29)8-3-12(20(30)34-2)11-35(31,32)15-6-4-13(5-7-15)24-9-14-10-25-19-17(26-14)18(22)27-21(23)28-19/h4-7,10,12,24H,3,8-9,11H2,1-2H3,(H,31,32)(H4,22,23,25,27,28). The van der Waals surface area contributed by atoms with E-state index in [-0.39, 0.29) is 36.1 Å². The van der Waals surface area contributed by atoms with Crippen LogP contribution in [0.1, 0.15) is 18.5 Å². The number of ether oxygens (including phenoxy) is 2. The molecule has 35 heavy (non-hydrogen) atoms. The van der Waals surface area contributed by atoms with Gasteiger partial charge in [-0.05, 0) is 30.7 Å². The molecule has 2 aromatic heterocycles. The summed E-state index contributed by atoms with van der Waals surface area (Å²) >= 11 is 0. The monoisotopic (exact) mass is 503 g/mol. The topological polar surface area (TPSA) is 206 Å². The third-order valence-electron chi connectivity index (χ3n) is 5.17. The number of aromatic nitrogens is 4. The number of hydrogen-bond donors (Lipinski definition) is 4. The summed E-state index contributed by atoms with van der Waals surface area (Å²) in [6.07, 6.45) is 1.14. The highest BCUT2D eigenvalue weighted by Crippen LogP contribution is 2.42. The molecule has 14 heteroatoms. The molecule has 0 aliphatic rings. The number of methoxy groups -OCH3 is 2. The van der Waals surface area contributed by atoms with Crippen LogP contribution in [0.4, 0.5) is 17.5 Å². The van der Waals surface area contributed by atoms with Crippen molar-refractivity contribution >= 4 is 53.2 Å². The number of carbonyl (C=O) groups is 2.